The van der Waals surface area contributed by atoms with E-state index in [2.05, 4.69) is 5.32 Å². The van der Waals surface area contributed by atoms with Gasteiger partial charge in [-0.25, -0.2) is 4.39 Å². The lowest BCUT2D eigenvalue weighted by Crippen LogP contribution is -2.14. The lowest BCUT2D eigenvalue weighted by Gasteiger charge is -2.22. The van der Waals surface area contributed by atoms with E-state index in [1.807, 2.05) is 69.2 Å². The van der Waals surface area contributed by atoms with E-state index in [4.69, 9.17) is 0 Å². The fourth-order valence-electron chi connectivity index (χ4n) is 2.21. The zero-order chi connectivity index (χ0) is 14.7. The first kappa shape index (κ1) is 14.5. The van der Waals surface area contributed by atoms with Gasteiger partial charge < -0.3 is 10.2 Å². The number of nitrogens with one attached hydrogen (secondary N) is 1. The van der Waals surface area contributed by atoms with Gasteiger partial charge in [-0.2, -0.15) is 0 Å². The maximum atomic E-state index is 14.3. The molecule has 3 heteroatoms. The maximum Gasteiger partial charge on any atom is 0.147 e. The highest BCUT2D eigenvalue weighted by atomic mass is 19.1. The number of anilines is 2. The first-order chi connectivity index (χ1) is 9.52. The van der Waals surface area contributed by atoms with Gasteiger partial charge in [0.05, 0.1) is 5.69 Å². The second-order valence-corrected chi connectivity index (χ2v) is 5.12. The summed E-state index contributed by atoms with van der Waals surface area (Å²) in [6.45, 7) is 4.05. The molecule has 1 unspecified atom stereocenters. The van der Waals surface area contributed by atoms with Crippen LogP contribution in [-0.4, -0.2) is 14.1 Å². The van der Waals surface area contributed by atoms with Crippen LogP contribution in [0.15, 0.2) is 42.5 Å². The van der Waals surface area contributed by atoms with Crippen molar-refractivity contribution in [2.75, 3.05) is 19.0 Å². The smallest absolute Gasteiger partial charge is 0.147 e. The Bertz CT molecular complexity index is 595. The van der Waals surface area contributed by atoms with Crippen molar-refractivity contribution in [3.63, 3.8) is 0 Å². The molecule has 0 aliphatic heterocycles. The topological polar surface area (TPSA) is 15.3 Å². The minimum atomic E-state index is -0.200. The summed E-state index contributed by atoms with van der Waals surface area (Å²) in [5, 5.41) is 3.12. The van der Waals surface area contributed by atoms with Gasteiger partial charge in [-0.3, -0.25) is 0 Å². The summed E-state index contributed by atoms with van der Waals surface area (Å²) in [7, 11) is 3.75. The number of nitrogens with zero attached hydrogens (tertiary/aromatic N) is 1. The summed E-state index contributed by atoms with van der Waals surface area (Å²) in [4.78, 5) is 1.87. The minimum Gasteiger partial charge on any atom is -0.342 e. The van der Waals surface area contributed by atoms with E-state index in [1.54, 1.807) is 6.07 Å². The van der Waals surface area contributed by atoms with Gasteiger partial charge >= 0.3 is 0 Å². The molecule has 1 atom stereocenters. The molecule has 0 aromatic heterocycles. The zero-order valence-corrected chi connectivity index (χ0v) is 12.4. The number of hydrogen-bond acceptors (Lipinski definition) is 2. The third kappa shape index (κ3) is 2.99. The van der Waals surface area contributed by atoms with Crippen LogP contribution in [0.3, 0.4) is 0 Å². The third-order valence-corrected chi connectivity index (χ3v) is 3.66. The van der Waals surface area contributed by atoms with Gasteiger partial charge in [-0.05, 0) is 56.3 Å². The van der Waals surface area contributed by atoms with Crippen molar-refractivity contribution < 1.29 is 4.39 Å². The standard InChI is InChI=1S/C17H21FN2/c1-12-6-5-7-15(10-12)20(4)17-9-8-14(11-16(17)18)13(2)19-3/h5-11,13,19H,1-4H3. The predicted octanol–water partition coefficient (Wildman–Crippen LogP) is 4.18. The van der Waals surface area contributed by atoms with E-state index in [-0.39, 0.29) is 11.9 Å². The Morgan fingerprint density at radius 2 is 1.90 bits per heavy atom. The molecule has 0 bridgehead atoms. The van der Waals surface area contributed by atoms with Crippen LogP contribution in [-0.2, 0) is 0 Å². The highest BCUT2D eigenvalue weighted by molar-refractivity contribution is 5.64. The quantitative estimate of drug-likeness (QED) is 0.898. The Labute approximate surface area is 120 Å². The van der Waals surface area contributed by atoms with Crippen LogP contribution in [0, 0.1) is 12.7 Å². The average Bonchev–Trinajstić information content (AvgIpc) is 2.45. The van der Waals surface area contributed by atoms with E-state index in [9.17, 15) is 4.39 Å². The molecular formula is C17H21FN2. The summed E-state index contributed by atoms with van der Waals surface area (Å²) in [5.41, 5.74) is 3.68. The molecule has 0 aliphatic rings. The molecule has 0 saturated carbocycles. The van der Waals surface area contributed by atoms with E-state index >= 15 is 0 Å². The molecule has 0 fully saturated rings. The molecule has 0 heterocycles. The molecule has 2 aromatic rings. The average molecular weight is 272 g/mol. The van der Waals surface area contributed by atoms with Crippen molar-refractivity contribution >= 4 is 11.4 Å². The van der Waals surface area contributed by atoms with Crippen LogP contribution in [0.4, 0.5) is 15.8 Å². The Hall–Kier alpha value is -1.87. The first-order valence-corrected chi connectivity index (χ1v) is 6.80. The molecule has 0 amide bonds. The third-order valence-electron chi connectivity index (χ3n) is 3.66. The molecule has 106 valence electrons. The molecule has 0 saturated heterocycles. The van der Waals surface area contributed by atoms with Crippen molar-refractivity contribution in [1.29, 1.82) is 0 Å². The lowest BCUT2D eigenvalue weighted by molar-refractivity contribution is 0.608. The number of halogens is 1. The van der Waals surface area contributed by atoms with E-state index < -0.39 is 0 Å². The van der Waals surface area contributed by atoms with Crippen molar-refractivity contribution in [2.24, 2.45) is 0 Å². The second kappa shape index (κ2) is 6.06. The minimum absolute atomic E-state index is 0.142. The fraction of sp³-hybridized carbons (Fsp3) is 0.294. The van der Waals surface area contributed by atoms with Gasteiger partial charge in [-0.15, -0.1) is 0 Å². The Morgan fingerprint density at radius 3 is 2.50 bits per heavy atom. The van der Waals surface area contributed by atoms with Crippen molar-refractivity contribution in [1.82, 2.24) is 5.32 Å². The Balaban J connectivity index is 2.33. The number of benzene rings is 2. The first-order valence-electron chi connectivity index (χ1n) is 6.80. The summed E-state index contributed by atoms with van der Waals surface area (Å²) >= 11 is 0. The molecule has 0 radical (unpaired) electrons. The van der Waals surface area contributed by atoms with Gasteiger partial charge in [0.1, 0.15) is 5.82 Å². The van der Waals surface area contributed by atoms with Crippen LogP contribution in [0.5, 0.6) is 0 Å². The largest absolute Gasteiger partial charge is 0.342 e. The summed E-state index contributed by atoms with van der Waals surface area (Å²) in [6.07, 6.45) is 0. The molecule has 0 aliphatic carbocycles. The van der Waals surface area contributed by atoms with Crippen LogP contribution in [0.1, 0.15) is 24.1 Å². The SMILES string of the molecule is CNC(C)c1ccc(N(C)c2cccc(C)c2)c(F)c1. The van der Waals surface area contributed by atoms with Gasteiger partial charge in [0.15, 0.2) is 0 Å². The molecule has 2 aromatic carbocycles. The highest BCUT2D eigenvalue weighted by Gasteiger charge is 2.12. The maximum absolute atomic E-state index is 14.3. The monoisotopic (exact) mass is 272 g/mol. The zero-order valence-electron chi connectivity index (χ0n) is 12.4. The molecule has 20 heavy (non-hydrogen) atoms. The molecular weight excluding hydrogens is 251 g/mol. The van der Waals surface area contributed by atoms with Crippen molar-refractivity contribution in [3.05, 3.63) is 59.4 Å². The lowest BCUT2D eigenvalue weighted by atomic mass is 10.1. The summed E-state index contributed by atoms with van der Waals surface area (Å²) < 4.78 is 14.3. The molecule has 0 spiro atoms. The molecule has 2 rings (SSSR count). The Kier molecular flexibility index (Phi) is 4.40. The van der Waals surface area contributed by atoms with Gasteiger partial charge in [0, 0.05) is 18.8 Å². The van der Waals surface area contributed by atoms with Crippen molar-refractivity contribution in [3.8, 4) is 0 Å². The summed E-state index contributed by atoms with van der Waals surface area (Å²) in [5.74, 6) is -0.200. The van der Waals surface area contributed by atoms with Crippen molar-refractivity contribution in [2.45, 2.75) is 19.9 Å². The van der Waals surface area contributed by atoms with E-state index in [0.29, 0.717) is 5.69 Å². The number of rotatable bonds is 4. The van der Waals surface area contributed by atoms with E-state index in [1.165, 1.54) is 0 Å². The van der Waals surface area contributed by atoms with Gasteiger partial charge in [0.2, 0.25) is 0 Å². The van der Waals surface area contributed by atoms with Gasteiger partial charge in [-0.1, -0.05) is 18.2 Å². The van der Waals surface area contributed by atoms with Gasteiger partial charge in [0.25, 0.3) is 0 Å². The second-order valence-electron chi connectivity index (χ2n) is 5.12. The van der Waals surface area contributed by atoms with Crippen LogP contribution in [0.25, 0.3) is 0 Å². The number of aryl methyl sites for hydroxylation is 1. The Morgan fingerprint density at radius 1 is 1.15 bits per heavy atom. The van der Waals surface area contributed by atoms with Crippen LogP contribution < -0.4 is 10.2 Å². The molecule has 1 N–H and O–H groups in total. The molecule has 2 nitrogen and oxygen atoms in total. The fourth-order valence-corrected chi connectivity index (χ4v) is 2.21. The van der Waals surface area contributed by atoms with E-state index in [0.717, 1.165) is 16.8 Å². The highest BCUT2D eigenvalue weighted by Crippen LogP contribution is 2.28. The predicted molar refractivity (Wildman–Crippen MR) is 83.1 cm³/mol. The normalized spacial score (nSPS) is 12.2. The van der Waals surface area contributed by atoms with Crippen LogP contribution >= 0.6 is 0 Å². The number of hydrogen-bond donors (Lipinski definition) is 1. The summed E-state index contributed by atoms with van der Waals surface area (Å²) in [6, 6.07) is 13.6. The van der Waals surface area contributed by atoms with Crippen LogP contribution in [0.2, 0.25) is 0 Å².